The second-order valence-corrected chi connectivity index (χ2v) is 5.21. The molecule has 0 aliphatic heterocycles. The molecule has 0 saturated heterocycles. The molecule has 1 heterocycles. The predicted octanol–water partition coefficient (Wildman–Crippen LogP) is 2.39. The highest BCUT2D eigenvalue weighted by atomic mass is 35.5. The van der Waals surface area contributed by atoms with Crippen LogP contribution in [-0.4, -0.2) is 23.3 Å². The van der Waals surface area contributed by atoms with Crippen molar-refractivity contribution < 1.29 is 9.53 Å². The fourth-order valence-electron chi connectivity index (χ4n) is 1.85. The van der Waals surface area contributed by atoms with Crippen LogP contribution in [0.25, 0.3) is 0 Å². The van der Waals surface area contributed by atoms with Crippen LogP contribution in [0.5, 0.6) is 5.75 Å². The summed E-state index contributed by atoms with van der Waals surface area (Å²) in [5, 5.41) is 13.4. The van der Waals surface area contributed by atoms with Crippen LogP contribution < -0.4 is 10.2 Å². The molecular formula is C16H15ClN4O2. The van der Waals surface area contributed by atoms with E-state index in [2.05, 4.69) is 16.6 Å². The van der Waals surface area contributed by atoms with Gasteiger partial charge in [-0.15, -0.1) is 0 Å². The Hall–Kier alpha value is -2.78. The van der Waals surface area contributed by atoms with Crippen molar-refractivity contribution in [3.8, 4) is 11.8 Å². The third kappa shape index (κ3) is 4.34. The van der Waals surface area contributed by atoms with Gasteiger partial charge in [-0.3, -0.25) is 4.79 Å². The molecule has 6 nitrogen and oxygen atoms in total. The van der Waals surface area contributed by atoms with Gasteiger partial charge >= 0.3 is 0 Å². The summed E-state index contributed by atoms with van der Waals surface area (Å²) in [4.78, 5) is 11.7. The summed E-state index contributed by atoms with van der Waals surface area (Å²) in [7, 11) is 1.80. The van der Waals surface area contributed by atoms with Crippen LogP contribution in [0, 0.1) is 18.3 Å². The number of aromatic nitrogens is 1. The van der Waals surface area contributed by atoms with Crippen molar-refractivity contribution in [2.45, 2.75) is 6.92 Å². The standard InChI is InChI=1S/C16H15ClN4O2/c1-11-12(7-14(8-18)21(11)2)9-19-20-16(22)10-23-15-5-3-13(17)4-6-15/h3-7,9H,10H2,1-2H3,(H,20,22)/b19-9-. The molecule has 1 aromatic carbocycles. The van der Waals surface area contributed by atoms with Gasteiger partial charge in [0.15, 0.2) is 6.61 Å². The van der Waals surface area contributed by atoms with Crippen LogP contribution in [0.2, 0.25) is 5.02 Å². The van der Waals surface area contributed by atoms with Crippen molar-refractivity contribution in [2.24, 2.45) is 12.1 Å². The van der Waals surface area contributed by atoms with E-state index in [1.165, 1.54) is 6.21 Å². The summed E-state index contributed by atoms with van der Waals surface area (Å²) in [5.74, 6) is 0.163. The van der Waals surface area contributed by atoms with Crippen molar-refractivity contribution in [3.05, 3.63) is 52.3 Å². The number of ether oxygens (including phenoxy) is 1. The Kier molecular flexibility index (Phi) is 5.39. The third-order valence-corrected chi connectivity index (χ3v) is 3.52. The molecule has 0 aliphatic rings. The molecule has 1 amide bonds. The van der Waals surface area contributed by atoms with Crippen molar-refractivity contribution in [1.82, 2.24) is 9.99 Å². The van der Waals surface area contributed by atoms with Crippen molar-refractivity contribution in [1.29, 1.82) is 5.26 Å². The number of benzene rings is 1. The van der Waals surface area contributed by atoms with Crippen LogP contribution in [-0.2, 0) is 11.8 Å². The zero-order chi connectivity index (χ0) is 16.8. The van der Waals surface area contributed by atoms with Crippen molar-refractivity contribution in [2.75, 3.05) is 6.61 Å². The number of nitrogens with one attached hydrogen (secondary N) is 1. The van der Waals surface area contributed by atoms with Gasteiger partial charge in [0.05, 0.1) is 6.21 Å². The van der Waals surface area contributed by atoms with Crippen LogP contribution >= 0.6 is 11.6 Å². The molecule has 0 saturated carbocycles. The molecule has 1 aromatic heterocycles. The lowest BCUT2D eigenvalue weighted by molar-refractivity contribution is -0.123. The smallest absolute Gasteiger partial charge is 0.277 e. The first-order chi connectivity index (χ1) is 11.0. The number of hydrogen-bond acceptors (Lipinski definition) is 4. The van der Waals surface area contributed by atoms with Gasteiger partial charge in [-0.2, -0.15) is 10.4 Å². The van der Waals surface area contributed by atoms with Gasteiger partial charge in [0.1, 0.15) is 17.5 Å². The molecule has 0 spiro atoms. The summed E-state index contributed by atoms with van der Waals surface area (Å²) in [5.41, 5.74) is 4.56. The molecule has 1 N–H and O–H groups in total. The molecule has 2 aromatic rings. The SMILES string of the molecule is Cc1c(/C=N\NC(=O)COc2ccc(Cl)cc2)cc(C#N)n1C. The first-order valence-electron chi connectivity index (χ1n) is 6.78. The van der Waals surface area contributed by atoms with Gasteiger partial charge in [-0.1, -0.05) is 11.6 Å². The lowest BCUT2D eigenvalue weighted by Gasteiger charge is -2.04. The highest BCUT2D eigenvalue weighted by Gasteiger charge is 2.07. The van der Waals surface area contributed by atoms with Crippen molar-refractivity contribution >= 4 is 23.7 Å². The Bertz CT molecular complexity index is 773. The second-order valence-electron chi connectivity index (χ2n) is 4.78. The Morgan fingerprint density at radius 2 is 2.17 bits per heavy atom. The van der Waals surface area contributed by atoms with Gasteiger partial charge in [0.2, 0.25) is 0 Å². The topological polar surface area (TPSA) is 79.4 Å². The van der Waals surface area contributed by atoms with E-state index >= 15 is 0 Å². The average Bonchev–Trinajstić information content (AvgIpc) is 2.82. The third-order valence-electron chi connectivity index (χ3n) is 3.27. The maximum absolute atomic E-state index is 11.7. The molecule has 7 heteroatoms. The molecule has 118 valence electrons. The lowest BCUT2D eigenvalue weighted by atomic mass is 10.3. The fraction of sp³-hybridized carbons (Fsp3) is 0.188. The highest BCUT2D eigenvalue weighted by Crippen LogP contribution is 2.15. The Morgan fingerprint density at radius 1 is 1.48 bits per heavy atom. The number of amides is 1. The maximum Gasteiger partial charge on any atom is 0.277 e. The average molecular weight is 331 g/mol. The Morgan fingerprint density at radius 3 is 2.78 bits per heavy atom. The van der Waals surface area contributed by atoms with E-state index in [4.69, 9.17) is 21.6 Å². The van der Waals surface area contributed by atoms with E-state index < -0.39 is 0 Å². The largest absolute Gasteiger partial charge is 0.484 e. The summed E-state index contributed by atoms with van der Waals surface area (Å²) in [6.45, 7) is 1.71. The van der Waals surface area contributed by atoms with Crippen LogP contribution in [0.3, 0.4) is 0 Å². The predicted molar refractivity (Wildman–Crippen MR) is 87.5 cm³/mol. The fourth-order valence-corrected chi connectivity index (χ4v) is 1.97. The van der Waals surface area contributed by atoms with E-state index in [1.807, 2.05) is 6.92 Å². The van der Waals surface area contributed by atoms with Crippen LogP contribution in [0.15, 0.2) is 35.4 Å². The normalized spacial score (nSPS) is 10.5. The number of carbonyl (C=O) groups excluding carboxylic acids is 1. The summed E-state index contributed by atoms with van der Waals surface area (Å²) in [6, 6.07) is 10.5. The molecule has 0 radical (unpaired) electrons. The lowest BCUT2D eigenvalue weighted by Crippen LogP contribution is -2.24. The minimum atomic E-state index is -0.384. The van der Waals surface area contributed by atoms with Gasteiger partial charge in [-0.05, 0) is 37.3 Å². The number of hydrogen-bond donors (Lipinski definition) is 1. The Labute approximate surface area is 138 Å². The first-order valence-corrected chi connectivity index (χ1v) is 7.15. The zero-order valence-corrected chi connectivity index (χ0v) is 13.5. The number of carbonyl (C=O) groups is 1. The quantitative estimate of drug-likeness (QED) is 0.675. The molecule has 0 unspecified atom stereocenters. The molecule has 0 aliphatic carbocycles. The minimum absolute atomic E-state index is 0.157. The molecule has 0 bridgehead atoms. The zero-order valence-electron chi connectivity index (χ0n) is 12.7. The first kappa shape index (κ1) is 16.6. The van der Waals surface area contributed by atoms with E-state index in [0.29, 0.717) is 16.5 Å². The summed E-state index contributed by atoms with van der Waals surface area (Å²) < 4.78 is 7.05. The molecular weight excluding hydrogens is 316 g/mol. The molecule has 2 rings (SSSR count). The number of hydrazone groups is 1. The van der Waals surface area contributed by atoms with E-state index in [1.54, 1.807) is 41.9 Å². The van der Waals surface area contributed by atoms with Gasteiger partial charge < -0.3 is 9.30 Å². The number of nitriles is 1. The second kappa shape index (κ2) is 7.47. The maximum atomic E-state index is 11.7. The van der Waals surface area contributed by atoms with Gasteiger partial charge in [0, 0.05) is 23.3 Å². The van der Waals surface area contributed by atoms with Crippen LogP contribution in [0.1, 0.15) is 17.0 Å². The van der Waals surface area contributed by atoms with E-state index in [9.17, 15) is 4.79 Å². The van der Waals surface area contributed by atoms with Gasteiger partial charge in [-0.25, -0.2) is 5.43 Å². The molecule has 23 heavy (non-hydrogen) atoms. The number of nitrogens with zero attached hydrogens (tertiary/aromatic N) is 3. The number of rotatable bonds is 5. The molecule has 0 atom stereocenters. The highest BCUT2D eigenvalue weighted by molar-refractivity contribution is 6.30. The summed E-state index contributed by atoms with van der Waals surface area (Å²) in [6.07, 6.45) is 1.50. The molecule has 0 fully saturated rings. The minimum Gasteiger partial charge on any atom is -0.484 e. The number of halogens is 1. The van der Waals surface area contributed by atoms with E-state index in [0.717, 1.165) is 11.3 Å². The van der Waals surface area contributed by atoms with Gasteiger partial charge in [0.25, 0.3) is 5.91 Å². The van der Waals surface area contributed by atoms with Crippen LogP contribution in [0.4, 0.5) is 0 Å². The van der Waals surface area contributed by atoms with Crippen molar-refractivity contribution in [3.63, 3.8) is 0 Å². The monoisotopic (exact) mass is 330 g/mol. The van der Waals surface area contributed by atoms with E-state index in [-0.39, 0.29) is 12.5 Å². The Balaban J connectivity index is 1.87. The summed E-state index contributed by atoms with van der Waals surface area (Å²) >= 11 is 5.76.